The van der Waals surface area contributed by atoms with E-state index in [0.717, 1.165) is 42.9 Å². The average molecular weight is 328 g/mol. The van der Waals surface area contributed by atoms with Crippen LogP contribution in [0.2, 0.25) is 0 Å². The van der Waals surface area contributed by atoms with Crippen molar-refractivity contribution in [3.05, 3.63) is 45.8 Å². The lowest BCUT2D eigenvalue weighted by molar-refractivity contribution is 0.261. The van der Waals surface area contributed by atoms with Crippen LogP contribution in [0.4, 0.5) is 0 Å². The molecule has 0 bridgehead atoms. The van der Waals surface area contributed by atoms with Crippen LogP contribution in [0.25, 0.3) is 11.0 Å². The maximum Gasteiger partial charge on any atom is 0.336 e. The van der Waals surface area contributed by atoms with Gasteiger partial charge in [0.1, 0.15) is 5.58 Å². The summed E-state index contributed by atoms with van der Waals surface area (Å²) in [5, 5.41) is 1.07. The zero-order chi connectivity index (χ0) is 17.1. The number of fused-ring (bicyclic) bond motifs is 1. The van der Waals surface area contributed by atoms with Crippen LogP contribution in [0.5, 0.6) is 0 Å². The van der Waals surface area contributed by atoms with Crippen molar-refractivity contribution in [1.29, 1.82) is 0 Å². The fourth-order valence-corrected chi connectivity index (χ4v) is 3.77. The molecule has 1 atom stereocenters. The smallest absolute Gasteiger partial charge is 0.336 e. The Morgan fingerprint density at radius 1 is 1.29 bits per heavy atom. The minimum absolute atomic E-state index is 0.256. The summed E-state index contributed by atoms with van der Waals surface area (Å²) in [4.78, 5) is 16.7. The van der Waals surface area contributed by atoms with Crippen LogP contribution in [0.1, 0.15) is 31.4 Å². The van der Waals surface area contributed by atoms with Gasteiger partial charge in [0.15, 0.2) is 0 Å². The molecule has 24 heavy (non-hydrogen) atoms. The number of rotatable bonds is 6. The molecule has 1 saturated heterocycles. The van der Waals surface area contributed by atoms with E-state index in [1.54, 1.807) is 6.07 Å². The topological polar surface area (TPSA) is 36.7 Å². The van der Waals surface area contributed by atoms with Crippen molar-refractivity contribution in [3.8, 4) is 0 Å². The van der Waals surface area contributed by atoms with Gasteiger partial charge < -0.3 is 14.2 Å². The average Bonchev–Trinajstić information content (AvgIpc) is 3.01. The molecule has 1 unspecified atom stereocenters. The van der Waals surface area contributed by atoms with Gasteiger partial charge in [-0.3, -0.25) is 0 Å². The minimum atomic E-state index is -0.256. The highest BCUT2D eigenvalue weighted by atomic mass is 16.4. The molecule has 3 rings (SSSR count). The minimum Gasteiger partial charge on any atom is -0.423 e. The predicted octanol–water partition coefficient (Wildman–Crippen LogP) is 3.13. The maximum atomic E-state index is 11.9. The third kappa shape index (κ3) is 3.87. The van der Waals surface area contributed by atoms with Gasteiger partial charge in [0.25, 0.3) is 0 Å². The summed E-state index contributed by atoms with van der Waals surface area (Å²) in [6.45, 7) is 9.79. The molecule has 1 fully saturated rings. The normalized spacial score (nSPS) is 18.8. The first-order valence-electron chi connectivity index (χ1n) is 9.05. The van der Waals surface area contributed by atoms with Crippen LogP contribution < -0.4 is 5.63 Å². The Kier molecular flexibility index (Phi) is 5.36. The molecule has 0 aliphatic carbocycles. The molecule has 0 radical (unpaired) electrons. The zero-order valence-electron chi connectivity index (χ0n) is 15.0. The van der Waals surface area contributed by atoms with Crippen LogP contribution in [0, 0.1) is 5.92 Å². The van der Waals surface area contributed by atoms with Gasteiger partial charge in [-0.05, 0) is 62.2 Å². The van der Waals surface area contributed by atoms with Crippen molar-refractivity contribution >= 4 is 11.0 Å². The lowest BCUT2D eigenvalue weighted by Gasteiger charge is -2.22. The van der Waals surface area contributed by atoms with E-state index in [4.69, 9.17) is 4.42 Å². The number of likely N-dealkylation sites (tertiary alicyclic amines) is 1. The Morgan fingerprint density at radius 3 is 2.83 bits per heavy atom. The molecule has 1 aromatic carbocycles. The third-order valence-electron chi connectivity index (χ3n) is 5.13. The summed E-state index contributed by atoms with van der Waals surface area (Å²) in [6, 6.07) is 7.78. The predicted molar refractivity (Wildman–Crippen MR) is 98.4 cm³/mol. The van der Waals surface area contributed by atoms with Gasteiger partial charge >= 0.3 is 5.63 Å². The standard InChI is InChI=1S/C20H28N2O2/c1-4-15-6-7-19-18(10-15)17(11-20(23)24-19)14-21(3)12-16-8-9-22(5-2)13-16/h6-7,10-11,16H,4-5,8-9,12-14H2,1-3H3. The van der Waals surface area contributed by atoms with Gasteiger partial charge in [-0.1, -0.05) is 19.9 Å². The molecular formula is C20H28N2O2. The Hall–Kier alpha value is -1.65. The summed E-state index contributed by atoms with van der Waals surface area (Å²) in [6.07, 6.45) is 2.26. The summed E-state index contributed by atoms with van der Waals surface area (Å²) in [7, 11) is 2.15. The van der Waals surface area contributed by atoms with E-state index in [2.05, 4.69) is 36.8 Å². The maximum absolute atomic E-state index is 11.9. The van der Waals surface area contributed by atoms with Gasteiger partial charge in [0.05, 0.1) is 0 Å². The van der Waals surface area contributed by atoms with Crippen molar-refractivity contribution in [2.45, 2.75) is 33.2 Å². The molecule has 1 aliphatic heterocycles. The molecule has 2 aromatic rings. The lowest BCUT2D eigenvalue weighted by atomic mass is 10.0. The molecule has 4 heteroatoms. The molecule has 1 aromatic heterocycles. The Labute approximate surface area is 144 Å². The second kappa shape index (κ2) is 7.49. The highest BCUT2D eigenvalue weighted by Crippen LogP contribution is 2.22. The monoisotopic (exact) mass is 328 g/mol. The first-order valence-corrected chi connectivity index (χ1v) is 9.05. The Balaban J connectivity index is 1.77. The van der Waals surface area contributed by atoms with E-state index >= 15 is 0 Å². The molecule has 0 N–H and O–H groups in total. The van der Waals surface area contributed by atoms with Crippen molar-refractivity contribution in [2.24, 2.45) is 5.92 Å². The summed E-state index contributed by atoms with van der Waals surface area (Å²) >= 11 is 0. The lowest BCUT2D eigenvalue weighted by Crippen LogP contribution is -2.28. The molecule has 130 valence electrons. The highest BCUT2D eigenvalue weighted by Gasteiger charge is 2.22. The van der Waals surface area contributed by atoms with Gasteiger partial charge in [-0.25, -0.2) is 4.79 Å². The number of hydrogen-bond donors (Lipinski definition) is 0. The molecular weight excluding hydrogens is 300 g/mol. The molecule has 1 aliphatic rings. The van der Waals surface area contributed by atoms with Crippen LogP contribution in [-0.4, -0.2) is 43.0 Å². The number of nitrogens with zero attached hydrogens (tertiary/aromatic N) is 2. The molecule has 4 nitrogen and oxygen atoms in total. The van der Waals surface area contributed by atoms with Crippen LogP contribution in [0.3, 0.4) is 0 Å². The van der Waals surface area contributed by atoms with E-state index in [1.807, 2.05) is 12.1 Å². The Morgan fingerprint density at radius 2 is 2.12 bits per heavy atom. The quantitative estimate of drug-likeness (QED) is 0.764. The Bertz CT molecular complexity index is 753. The van der Waals surface area contributed by atoms with Gasteiger partial charge in [-0.2, -0.15) is 0 Å². The largest absolute Gasteiger partial charge is 0.423 e. The summed E-state index contributed by atoms with van der Waals surface area (Å²) in [5.74, 6) is 0.729. The van der Waals surface area contributed by atoms with Crippen LogP contribution in [-0.2, 0) is 13.0 Å². The van der Waals surface area contributed by atoms with Crippen molar-refractivity contribution in [3.63, 3.8) is 0 Å². The number of hydrogen-bond acceptors (Lipinski definition) is 4. The van der Waals surface area contributed by atoms with Gasteiger partial charge in [-0.15, -0.1) is 0 Å². The van der Waals surface area contributed by atoms with E-state index < -0.39 is 0 Å². The summed E-state index contributed by atoms with van der Waals surface area (Å²) in [5.41, 5.74) is 2.79. The van der Waals surface area contributed by atoms with E-state index in [-0.39, 0.29) is 5.63 Å². The van der Waals surface area contributed by atoms with Crippen molar-refractivity contribution in [1.82, 2.24) is 9.80 Å². The van der Waals surface area contributed by atoms with E-state index in [0.29, 0.717) is 5.58 Å². The molecule has 0 amide bonds. The molecule has 2 heterocycles. The highest BCUT2D eigenvalue weighted by molar-refractivity contribution is 5.80. The SMILES string of the molecule is CCc1ccc2oc(=O)cc(CN(C)CC3CCN(CC)C3)c2c1. The van der Waals surface area contributed by atoms with Gasteiger partial charge in [0.2, 0.25) is 0 Å². The fourth-order valence-electron chi connectivity index (χ4n) is 3.77. The third-order valence-corrected chi connectivity index (χ3v) is 5.13. The molecule has 0 spiro atoms. The van der Waals surface area contributed by atoms with E-state index in [9.17, 15) is 4.79 Å². The van der Waals surface area contributed by atoms with Gasteiger partial charge in [0, 0.05) is 31.1 Å². The first-order chi connectivity index (χ1) is 11.6. The summed E-state index contributed by atoms with van der Waals surface area (Å²) < 4.78 is 5.36. The van der Waals surface area contributed by atoms with Crippen LogP contribution in [0.15, 0.2) is 33.5 Å². The molecule has 0 saturated carbocycles. The second-order valence-electron chi connectivity index (χ2n) is 7.02. The zero-order valence-corrected chi connectivity index (χ0v) is 15.0. The number of benzene rings is 1. The fraction of sp³-hybridized carbons (Fsp3) is 0.550. The van der Waals surface area contributed by atoms with E-state index in [1.165, 1.54) is 25.1 Å². The van der Waals surface area contributed by atoms with Crippen molar-refractivity contribution in [2.75, 3.05) is 33.2 Å². The first kappa shape index (κ1) is 17.2. The number of aryl methyl sites for hydroxylation is 1. The second-order valence-corrected chi connectivity index (χ2v) is 7.02. The van der Waals surface area contributed by atoms with Crippen molar-refractivity contribution < 1.29 is 4.42 Å². The van der Waals surface area contributed by atoms with Crippen LogP contribution >= 0.6 is 0 Å².